The maximum Gasteiger partial charge on any atom is 0.262 e. The number of hydrogen-bond acceptors (Lipinski definition) is 4. The van der Waals surface area contributed by atoms with Crippen LogP contribution in [-0.2, 0) is 11.2 Å². The van der Waals surface area contributed by atoms with E-state index in [0.717, 1.165) is 29.0 Å². The van der Waals surface area contributed by atoms with Crippen LogP contribution in [0, 0.1) is 12.8 Å². The highest BCUT2D eigenvalue weighted by Gasteiger charge is 2.09. The van der Waals surface area contributed by atoms with Crippen LogP contribution in [0.1, 0.15) is 25.4 Å². The minimum atomic E-state index is -0.341. The molecule has 3 aromatic rings. The van der Waals surface area contributed by atoms with Crippen molar-refractivity contribution in [2.24, 2.45) is 5.92 Å². The molecule has 1 amide bonds. The zero-order valence-corrected chi connectivity index (χ0v) is 15.1. The number of imidazole rings is 1. The molecule has 0 aliphatic rings. The third-order valence-corrected chi connectivity index (χ3v) is 3.80. The second kappa shape index (κ2) is 7.43. The molecule has 7 nitrogen and oxygen atoms in total. The van der Waals surface area contributed by atoms with Gasteiger partial charge in [0.05, 0.1) is 11.0 Å². The summed E-state index contributed by atoms with van der Waals surface area (Å²) in [7, 11) is 0. The summed E-state index contributed by atoms with van der Waals surface area (Å²) < 4.78 is 5.29. The summed E-state index contributed by atoms with van der Waals surface area (Å²) in [6.07, 6.45) is 2.33. The molecule has 0 bridgehead atoms. The van der Waals surface area contributed by atoms with Gasteiger partial charge in [-0.1, -0.05) is 13.8 Å². The van der Waals surface area contributed by atoms with Gasteiger partial charge in [-0.2, -0.15) is 0 Å². The first-order valence-corrected chi connectivity index (χ1v) is 8.51. The van der Waals surface area contributed by atoms with Gasteiger partial charge >= 0.3 is 0 Å². The standard InChI is InChI=1S/C19H22N4O3/c1-11(2)6-18-22-14-5-4-13(8-15(14)23-18)21-19(25)10-26-17-9-20-12(3)7-16(17)24/h4-5,7-9,11H,6,10H2,1-3H3,(H,20,24)(H,21,25)(H,22,23). The van der Waals surface area contributed by atoms with Gasteiger partial charge in [-0.05, 0) is 31.0 Å². The van der Waals surface area contributed by atoms with Crippen molar-refractivity contribution in [1.82, 2.24) is 15.0 Å². The molecule has 0 fully saturated rings. The first-order valence-electron chi connectivity index (χ1n) is 8.51. The minimum Gasteiger partial charge on any atom is -0.478 e. The largest absolute Gasteiger partial charge is 0.478 e. The normalized spacial score (nSPS) is 11.1. The van der Waals surface area contributed by atoms with E-state index in [1.165, 1.54) is 12.3 Å². The molecule has 0 saturated heterocycles. The van der Waals surface area contributed by atoms with Crippen molar-refractivity contribution in [3.8, 4) is 5.75 Å². The van der Waals surface area contributed by atoms with Crippen molar-refractivity contribution in [3.63, 3.8) is 0 Å². The van der Waals surface area contributed by atoms with Gasteiger partial charge in [0, 0.05) is 30.1 Å². The number of aryl methyl sites for hydroxylation is 1. The maximum absolute atomic E-state index is 12.1. The second-order valence-electron chi connectivity index (χ2n) is 6.69. The first kappa shape index (κ1) is 17.7. The van der Waals surface area contributed by atoms with Crippen molar-refractivity contribution in [3.05, 3.63) is 52.2 Å². The second-order valence-corrected chi connectivity index (χ2v) is 6.69. The van der Waals surface area contributed by atoms with E-state index >= 15 is 0 Å². The molecular formula is C19H22N4O3. The summed E-state index contributed by atoms with van der Waals surface area (Å²) in [5.41, 5.74) is 2.85. The number of aromatic nitrogens is 3. The summed E-state index contributed by atoms with van der Waals surface area (Å²) in [5.74, 6) is 1.22. The Morgan fingerprint density at radius 2 is 2.12 bits per heavy atom. The number of nitrogens with one attached hydrogen (secondary N) is 3. The molecule has 3 rings (SSSR count). The number of anilines is 1. The molecule has 136 valence electrons. The van der Waals surface area contributed by atoms with Crippen molar-refractivity contribution in [2.45, 2.75) is 27.2 Å². The van der Waals surface area contributed by atoms with Gasteiger partial charge in [0.2, 0.25) is 5.43 Å². The van der Waals surface area contributed by atoms with Gasteiger partial charge in [0.1, 0.15) is 5.82 Å². The summed E-state index contributed by atoms with van der Waals surface area (Å²) in [6, 6.07) is 6.91. The number of H-pyrrole nitrogens is 2. The smallest absolute Gasteiger partial charge is 0.262 e. The lowest BCUT2D eigenvalue weighted by Gasteiger charge is -2.07. The molecule has 7 heteroatoms. The number of aromatic amines is 2. The molecule has 2 heterocycles. The van der Waals surface area contributed by atoms with Crippen LogP contribution in [0.5, 0.6) is 5.75 Å². The van der Waals surface area contributed by atoms with Crippen LogP contribution < -0.4 is 15.5 Å². The van der Waals surface area contributed by atoms with E-state index in [4.69, 9.17) is 4.74 Å². The van der Waals surface area contributed by atoms with E-state index in [9.17, 15) is 9.59 Å². The highest BCUT2D eigenvalue weighted by molar-refractivity contribution is 5.94. The molecule has 1 aromatic carbocycles. The monoisotopic (exact) mass is 354 g/mol. The van der Waals surface area contributed by atoms with Gasteiger partial charge in [-0.3, -0.25) is 9.59 Å². The Balaban J connectivity index is 1.64. The van der Waals surface area contributed by atoms with Crippen molar-refractivity contribution < 1.29 is 9.53 Å². The van der Waals surface area contributed by atoms with Gasteiger partial charge in [-0.25, -0.2) is 4.98 Å². The quantitative estimate of drug-likeness (QED) is 0.634. The number of pyridine rings is 1. The fourth-order valence-electron chi connectivity index (χ4n) is 2.64. The molecule has 0 atom stereocenters. The molecule has 0 aliphatic heterocycles. The predicted octanol–water partition coefficient (Wildman–Crippen LogP) is 2.78. The van der Waals surface area contributed by atoms with Crippen LogP contribution in [0.4, 0.5) is 5.69 Å². The molecule has 0 spiro atoms. The topological polar surface area (TPSA) is 99.9 Å². The van der Waals surface area contributed by atoms with Crippen molar-refractivity contribution >= 4 is 22.6 Å². The van der Waals surface area contributed by atoms with Crippen LogP contribution in [0.25, 0.3) is 11.0 Å². The molecule has 0 aliphatic carbocycles. The lowest BCUT2D eigenvalue weighted by molar-refractivity contribution is -0.118. The third kappa shape index (κ3) is 4.30. The number of carbonyl (C=O) groups excluding carboxylic acids is 1. The Morgan fingerprint density at radius 3 is 2.85 bits per heavy atom. The molecule has 0 saturated carbocycles. The number of amides is 1. The number of fused-ring (bicyclic) bond motifs is 1. The summed E-state index contributed by atoms with van der Waals surface area (Å²) in [5, 5.41) is 2.76. The van der Waals surface area contributed by atoms with Crippen molar-refractivity contribution in [2.75, 3.05) is 11.9 Å². The number of nitrogens with zero attached hydrogens (tertiary/aromatic N) is 1. The van der Waals surface area contributed by atoms with Crippen LogP contribution in [-0.4, -0.2) is 27.5 Å². The number of rotatable bonds is 6. The first-order chi connectivity index (χ1) is 12.4. The number of carbonyl (C=O) groups is 1. The lowest BCUT2D eigenvalue weighted by atomic mass is 10.1. The van der Waals surface area contributed by atoms with E-state index < -0.39 is 0 Å². The summed E-state index contributed by atoms with van der Waals surface area (Å²) in [4.78, 5) is 34.5. The van der Waals surface area contributed by atoms with Crippen LogP contribution in [0.3, 0.4) is 0 Å². The number of ether oxygens (including phenoxy) is 1. The Hall–Kier alpha value is -3.09. The zero-order valence-electron chi connectivity index (χ0n) is 15.1. The van der Waals surface area contributed by atoms with E-state index in [0.29, 0.717) is 11.6 Å². The van der Waals surface area contributed by atoms with E-state index in [-0.39, 0.29) is 23.7 Å². The molecule has 0 unspecified atom stereocenters. The zero-order chi connectivity index (χ0) is 18.7. The van der Waals surface area contributed by atoms with E-state index in [1.54, 1.807) is 13.0 Å². The van der Waals surface area contributed by atoms with Gasteiger partial charge in [0.15, 0.2) is 12.4 Å². The van der Waals surface area contributed by atoms with Gasteiger partial charge in [-0.15, -0.1) is 0 Å². The van der Waals surface area contributed by atoms with Crippen LogP contribution in [0.15, 0.2) is 35.3 Å². The average molecular weight is 354 g/mol. The van der Waals surface area contributed by atoms with Crippen LogP contribution >= 0.6 is 0 Å². The lowest BCUT2D eigenvalue weighted by Crippen LogP contribution is -2.22. The average Bonchev–Trinajstić information content (AvgIpc) is 2.94. The Kier molecular flexibility index (Phi) is 5.06. The van der Waals surface area contributed by atoms with Crippen LogP contribution in [0.2, 0.25) is 0 Å². The molecule has 0 radical (unpaired) electrons. The fraction of sp³-hybridized carbons (Fsp3) is 0.316. The molecular weight excluding hydrogens is 332 g/mol. The van der Waals surface area contributed by atoms with Gasteiger partial charge < -0.3 is 20.0 Å². The number of benzene rings is 1. The minimum absolute atomic E-state index is 0.119. The number of hydrogen-bond donors (Lipinski definition) is 3. The maximum atomic E-state index is 12.1. The summed E-state index contributed by atoms with van der Waals surface area (Å²) >= 11 is 0. The Labute approximate surface area is 150 Å². The highest BCUT2D eigenvalue weighted by atomic mass is 16.5. The van der Waals surface area contributed by atoms with Crippen molar-refractivity contribution in [1.29, 1.82) is 0 Å². The SMILES string of the molecule is Cc1cc(=O)c(OCC(=O)Nc2ccc3nc(CC(C)C)[nH]c3c2)c[nH]1. The summed E-state index contributed by atoms with van der Waals surface area (Å²) in [6.45, 7) is 5.80. The molecule has 2 aromatic heterocycles. The highest BCUT2D eigenvalue weighted by Crippen LogP contribution is 2.18. The Morgan fingerprint density at radius 1 is 1.31 bits per heavy atom. The molecule has 26 heavy (non-hydrogen) atoms. The van der Waals surface area contributed by atoms with Gasteiger partial charge in [0.25, 0.3) is 5.91 Å². The predicted molar refractivity (Wildman–Crippen MR) is 101 cm³/mol. The molecule has 3 N–H and O–H groups in total. The third-order valence-electron chi connectivity index (χ3n) is 3.80. The van der Waals surface area contributed by atoms with E-state index in [1.807, 2.05) is 12.1 Å². The van der Waals surface area contributed by atoms with E-state index in [2.05, 4.69) is 34.1 Å². The Bertz CT molecular complexity index is 988. The fourth-order valence-corrected chi connectivity index (χ4v) is 2.64.